The molecule has 1 rings (SSSR count). The summed E-state index contributed by atoms with van der Waals surface area (Å²) >= 11 is 5.10. The fourth-order valence-corrected chi connectivity index (χ4v) is 1.25. The van der Waals surface area contributed by atoms with Gasteiger partial charge in [0, 0.05) is 6.54 Å². The monoisotopic (exact) mass is 236 g/mol. The standard InChI is InChI=1S/C11H9ClN2O2/c12-10(15)9(6-13)11(16)14-7-8-4-2-1-3-5-8/h1-5,9H,7H2,(H,14,16)/t9-/m1/s1. The molecule has 0 spiro atoms. The summed E-state index contributed by atoms with van der Waals surface area (Å²) in [7, 11) is 0. The molecule has 0 radical (unpaired) electrons. The van der Waals surface area contributed by atoms with Crippen LogP contribution in [0.15, 0.2) is 30.3 Å². The Balaban J connectivity index is 2.54. The van der Waals surface area contributed by atoms with Crippen molar-refractivity contribution in [3.8, 4) is 6.07 Å². The van der Waals surface area contributed by atoms with Crippen LogP contribution in [0.25, 0.3) is 0 Å². The van der Waals surface area contributed by atoms with Gasteiger partial charge in [0.25, 0.3) is 0 Å². The van der Waals surface area contributed by atoms with Gasteiger partial charge in [-0.2, -0.15) is 5.26 Å². The van der Waals surface area contributed by atoms with E-state index in [1.807, 2.05) is 30.3 Å². The largest absolute Gasteiger partial charge is 0.350 e. The van der Waals surface area contributed by atoms with Gasteiger partial charge in [0.05, 0.1) is 6.07 Å². The lowest BCUT2D eigenvalue weighted by atomic mass is 10.1. The van der Waals surface area contributed by atoms with Crippen LogP contribution < -0.4 is 5.32 Å². The van der Waals surface area contributed by atoms with E-state index in [0.29, 0.717) is 0 Å². The minimum absolute atomic E-state index is 0.266. The molecule has 1 aromatic rings. The Labute approximate surface area is 97.8 Å². The highest BCUT2D eigenvalue weighted by Gasteiger charge is 2.24. The first-order valence-corrected chi connectivity index (χ1v) is 4.93. The molecule has 5 heteroatoms. The predicted octanol–water partition coefficient (Wildman–Crippen LogP) is 1.21. The van der Waals surface area contributed by atoms with Gasteiger partial charge in [0.15, 0.2) is 5.92 Å². The Hall–Kier alpha value is -1.86. The van der Waals surface area contributed by atoms with Crippen LogP contribution in [-0.4, -0.2) is 11.1 Å². The van der Waals surface area contributed by atoms with Crippen LogP contribution in [0.1, 0.15) is 5.56 Å². The third kappa shape index (κ3) is 3.37. The van der Waals surface area contributed by atoms with Crippen molar-refractivity contribution in [3.63, 3.8) is 0 Å². The molecule has 0 bridgehead atoms. The molecule has 0 unspecified atom stereocenters. The molecule has 82 valence electrons. The minimum Gasteiger partial charge on any atom is -0.350 e. The van der Waals surface area contributed by atoms with E-state index in [4.69, 9.17) is 16.9 Å². The number of halogens is 1. The zero-order valence-electron chi connectivity index (χ0n) is 8.31. The summed E-state index contributed by atoms with van der Waals surface area (Å²) < 4.78 is 0. The van der Waals surface area contributed by atoms with E-state index in [0.717, 1.165) is 5.56 Å². The van der Waals surface area contributed by atoms with Crippen molar-refractivity contribution >= 4 is 22.8 Å². The van der Waals surface area contributed by atoms with Gasteiger partial charge < -0.3 is 5.32 Å². The first-order valence-electron chi connectivity index (χ1n) is 4.55. The number of benzene rings is 1. The van der Waals surface area contributed by atoms with Crippen molar-refractivity contribution < 1.29 is 9.59 Å². The molecular formula is C11H9ClN2O2. The van der Waals surface area contributed by atoms with Crippen molar-refractivity contribution in [2.45, 2.75) is 6.54 Å². The summed E-state index contributed by atoms with van der Waals surface area (Å²) in [5.74, 6) is -2.11. The number of nitrogens with one attached hydrogen (secondary N) is 1. The summed E-state index contributed by atoms with van der Waals surface area (Å²) in [4.78, 5) is 22.1. The molecular weight excluding hydrogens is 228 g/mol. The minimum atomic E-state index is -1.44. The van der Waals surface area contributed by atoms with E-state index in [1.165, 1.54) is 0 Å². The van der Waals surface area contributed by atoms with Crippen molar-refractivity contribution in [3.05, 3.63) is 35.9 Å². The van der Waals surface area contributed by atoms with Crippen molar-refractivity contribution in [1.82, 2.24) is 5.32 Å². The van der Waals surface area contributed by atoms with Gasteiger partial charge in [-0.25, -0.2) is 0 Å². The lowest BCUT2D eigenvalue weighted by Crippen LogP contribution is -2.32. The maximum atomic E-state index is 11.4. The summed E-state index contributed by atoms with van der Waals surface area (Å²) in [6.07, 6.45) is 0. The van der Waals surface area contributed by atoms with Crippen LogP contribution in [0.2, 0.25) is 0 Å². The fraction of sp³-hybridized carbons (Fsp3) is 0.182. The zero-order chi connectivity index (χ0) is 12.0. The predicted molar refractivity (Wildman–Crippen MR) is 58.3 cm³/mol. The second-order valence-electron chi connectivity index (χ2n) is 3.07. The molecule has 1 amide bonds. The number of amides is 1. The van der Waals surface area contributed by atoms with Gasteiger partial charge in [-0.05, 0) is 17.2 Å². The van der Waals surface area contributed by atoms with Gasteiger partial charge in [-0.15, -0.1) is 0 Å². The highest BCUT2D eigenvalue weighted by Crippen LogP contribution is 2.02. The average Bonchev–Trinajstić information content (AvgIpc) is 2.28. The first kappa shape index (κ1) is 12.2. The molecule has 0 heterocycles. The molecule has 4 nitrogen and oxygen atoms in total. The molecule has 0 saturated heterocycles. The molecule has 1 aromatic carbocycles. The highest BCUT2D eigenvalue weighted by molar-refractivity contribution is 6.65. The van der Waals surface area contributed by atoms with E-state index < -0.39 is 17.1 Å². The van der Waals surface area contributed by atoms with Gasteiger partial charge in [0.2, 0.25) is 11.1 Å². The van der Waals surface area contributed by atoms with Crippen LogP contribution >= 0.6 is 11.6 Å². The van der Waals surface area contributed by atoms with Crippen LogP contribution in [0.3, 0.4) is 0 Å². The van der Waals surface area contributed by atoms with E-state index in [9.17, 15) is 9.59 Å². The van der Waals surface area contributed by atoms with Gasteiger partial charge in [0.1, 0.15) is 0 Å². The Kier molecular flexibility index (Phi) is 4.49. The molecule has 16 heavy (non-hydrogen) atoms. The van der Waals surface area contributed by atoms with E-state index in [-0.39, 0.29) is 6.54 Å². The maximum Gasteiger partial charge on any atom is 0.248 e. The van der Waals surface area contributed by atoms with E-state index >= 15 is 0 Å². The second kappa shape index (κ2) is 5.89. The number of hydrogen-bond acceptors (Lipinski definition) is 3. The van der Waals surface area contributed by atoms with Crippen LogP contribution in [0, 0.1) is 17.2 Å². The smallest absolute Gasteiger partial charge is 0.248 e. The molecule has 0 aliphatic rings. The number of carbonyl (C=O) groups is 2. The first-order chi connectivity index (χ1) is 7.65. The molecule has 0 fully saturated rings. The lowest BCUT2D eigenvalue weighted by molar-refractivity contribution is -0.128. The third-order valence-corrected chi connectivity index (χ3v) is 2.15. The van der Waals surface area contributed by atoms with Gasteiger partial charge in [-0.1, -0.05) is 30.3 Å². The van der Waals surface area contributed by atoms with Crippen molar-refractivity contribution in [2.75, 3.05) is 0 Å². The maximum absolute atomic E-state index is 11.4. The summed E-state index contributed by atoms with van der Waals surface area (Å²) in [5.41, 5.74) is 0.884. The Morgan fingerprint density at radius 3 is 2.50 bits per heavy atom. The van der Waals surface area contributed by atoms with E-state index in [2.05, 4.69) is 5.32 Å². The van der Waals surface area contributed by atoms with Crippen molar-refractivity contribution in [2.24, 2.45) is 5.92 Å². The highest BCUT2D eigenvalue weighted by atomic mass is 35.5. The lowest BCUT2D eigenvalue weighted by Gasteiger charge is -2.06. The average molecular weight is 237 g/mol. The summed E-state index contributed by atoms with van der Waals surface area (Å²) in [5, 5.41) is 10.0. The molecule has 0 saturated carbocycles. The van der Waals surface area contributed by atoms with Crippen LogP contribution in [0.4, 0.5) is 0 Å². The summed E-state index contributed by atoms with van der Waals surface area (Å²) in [6.45, 7) is 0.266. The van der Waals surface area contributed by atoms with E-state index in [1.54, 1.807) is 6.07 Å². The molecule has 0 aliphatic carbocycles. The summed E-state index contributed by atoms with van der Waals surface area (Å²) in [6, 6.07) is 10.7. The number of nitriles is 1. The zero-order valence-corrected chi connectivity index (χ0v) is 9.07. The van der Waals surface area contributed by atoms with Gasteiger partial charge in [-0.3, -0.25) is 9.59 Å². The van der Waals surface area contributed by atoms with Crippen LogP contribution in [0.5, 0.6) is 0 Å². The molecule has 1 N–H and O–H groups in total. The topological polar surface area (TPSA) is 70.0 Å². The molecule has 1 atom stereocenters. The number of carbonyl (C=O) groups excluding carboxylic acids is 2. The van der Waals surface area contributed by atoms with Crippen molar-refractivity contribution in [1.29, 1.82) is 5.26 Å². The Morgan fingerprint density at radius 1 is 1.38 bits per heavy atom. The number of hydrogen-bond donors (Lipinski definition) is 1. The van der Waals surface area contributed by atoms with Crippen LogP contribution in [-0.2, 0) is 16.1 Å². The third-order valence-electron chi connectivity index (χ3n) is 1.93. The Morgan fingerprint density at radius 2 is 2.00 bits per heavy atom. The SMILES string of the molecule is N#C[C@H](C(=O)Cl)C(=O)NCc1ccccc1. The number of nitrogens with zero attached hydrogens (tertiary/aromatic N) is 1. The molecule has 0 aromatic heterocycles. The normalized spacial score (nSPS) is 11.2. The number of rotatable bonds is 4. The molecule has 0 aliphatic heterocycles. The second-order valence-corrected chi connectivity index (χ2v) is 3.44. The Bertz CT molecular complexity index is 425. The van der Waals surface area contributed by atoms with Gasteiger partial charge >= 0.3 is 0 Å². The quantitative estimate of drug-likeness (QED) is 0.631. The fourth-order valence-electron chi connectivity index (χ4n) is 1.10.